The molecule has 5 nitrogen and oxygen atoms in total. The second-order valence-electron chi connectivity index (χ2n) is 5.49. The van der Waals surface area contributed by atoms with E-state index >= 15 is 0 Å². The largest absolute Gasteiger partial charge is 0.433 e. The van der Waals surface area contributed by atoms with E-state index in [9.17, 15) is 13.2 Å². The third kappa shape index (κ3) is 4.09. The van der Waals surface area contributed by atoms with E-state index in [1.54, 1.807) is 31.5 Å². The van der Waals surface area contributed by atoms with Crippen LogP contribution in [0.1, 0.15) is 17.1 Å². The highest BCUT2D eigenvalue weighted by atomic mass is 19.4. The molecule has 0 aliphatic rings. The number of anilines is 2. The molecule has 0 fully saturated rings. The molecule has 0 atom stereocenters. The van der Waals surface area contributed by atoms with Crippen molar-refractivity contribution in [1.82, 2.24) is 19.9 Å². The Labute approximate surface area is 142 Å². The van der Waals surface area contributed by atoms with Gasteiger partial charge in [0, 0.05) is 29.8 Å². The van der Waals surface area contributed by atoms with Gasteiger partial charge in [-0.1, -0.05) is 6.07 Å². The fourth-order valence-corrected chi connectivity index (χ4v) is 2.27. The van der Waals surface area contributed by atoms with Gasteiger partial charge in [-0.25, -0.2) is 19.9 Å². The van der Waals surface area contributed by atoms with Crippen LogP contribution in [-0.2, 0) is 6.18 Å². The molecular formula is C17H14F3N5. The van der Waals surface area contributed by atoms with Gasteiger partial charge in [0.2, 0.25) is 5.95 Å². The van der Waals surface area contributed by atoms with Gasteiger partial charge in [0.25, 0.3) is 0 Å². The standard InChI is InChI=1S/C17H14F3N5/c1-10-5-12(13-8-22-11(2)23-9-13)7-14(6-10)24-16-21-4-3-15(25-16)17(18,19)20/h3-9H,1-2H3,(H,21,24,25). The normalized spacial score (nSPS) is 11.4. The Bertz CT molecular complexity index is 892. The molecule has 2 aromatic heterocycles. The summed E-state index contributed by atoms with van der Waals surface area (Å²) in [5, 5.41) is 2.82. The highest BCUT2D eigenvalue weighted by molar-refractivity contribution is 5.69. The predicted molar refractivity (Wildman–Crippen MR) is 87.3 cm³/mol. The summed E-state index contributed by atoms with van der Waals surface area (Å²) in [5.41, 5.74) is 2.16. The zero-order chi connectivity index (χ0) is 18.0. The van der Waals surface area contributed by atoms with Crippen molar-refractivity contribution >= 4 is 11.6 Å². The van der Waals surface area contributed by atoms with E-state index in [-0.39, 0.29) is 5.95 Å². The first kappa shape index (κ1) is 16.8. The summed E-state index contributed by atoms with van der Waals surface area (Å²) >= 11 is 0. The zero-order valence-corrected chi connectivity index (χ0v) is 13.5. The first-order valence-corrected chi connectivity index (χ1v) is 7.39. The predicted octanol–water partition coefficient (Wildman–Crippen LogP) is 4.31. The third-order valence-corrected chi connectivity index (χ3v) is 3.39. The number of hydrogen-bond donors (Lipinski definition) is 1. The van der Waals surface area contributed by atoms with Crippen molar-refractivity contribution in [3.63, 3.8) is 0 Å². The number of nitrogens with zero attached hydrogens (tertiary/aromatic N) is 4. The summed E-state index contributed by atoms with van der Waals surface area (Å²) in [6.45, 7) is 3.68. The maximum absolute atomic E-state index is 12.8. The fraction of sp³-hybridized carbons (Fsp3) is 0.176. The summed E-state index contributed by atoms with van der Waals surface area (Å²) in [6.07, 6.45) is -0.0532. The molecule has 8 heteroatoms. The number of halogens is 3. The van der Waals surface area contributed by atoms with E-state index < -0.39 is 11.9 Å². The average Bonchev–Trinajstić information content (AvgIpc) is 2.54. The van der Waals surface area contributed by atoms with Crippen LogP contribution in [0.3, 0.4) is 0 Å². The van der Waals surface area contributed by atoms with E-state index in [1.807, 2.05) is 13.0 Å². The highest BCUT2D eigenvalue weighted by Crippen LogP contribution is 2.29. The number of benzene rings is 1. The molecule has 2 heterocycles. The number of aromatic nitrogens is 4. The Morgan fingerprint density at radius 1 is 0.920 bits per heavy atom. The first-order chi connectivity index (χ1) is 11.8. The number of hydrogen-bond acceptors (Lipinski definition) is 5. The Hall–Kier alpha value is -3.03. The molecule has 0 spiro atoms. The third-order valence-electron chi connectivity index (χ3n) is 3.39. The van der Waals surface area contributed by atoms with E-state index in [2.05, 4.69) is 25.3 Å². The Morgan fingerprint density at radius 2 is 1.64 bits per heavy atom. The number of alkyl halides is 3. The van der Waals surface area contributed by atoms with Crippen LogP contribution < -0.4 is 5.32 Å². The maximum atomic E-state index is 12.8. The monoisotopic (exact) mass is 345 g/mol. The SMILES string of the molecule is Cc1cc(Nc2nccc(C(F)(F)F)n2)cc(-c2cnc(C)nc2)c1. The zero-order valence-electron chi connectivity index (χ0n) is 13.5. The van der Waals surface area contributed by atoms with Gasteiger partial charge in [-0.15, -0.1) is 0 Å². The van der Waals surface area contributed by atoms with Gasteiger partial charge in [0.05, 0.1) is 0 Å². The quantitative estimate of drug-likeness (QED) is 0.766. The van der Waals surface area contributed by atoms with E-state index in [4.69, 9.17) is 0 Å². The van der Waals surface area contributed by atoms with Gasteiger partial charge in [-0.3, -0.25) is 0 Å². The van der Waals surface area contributed by atoms with Crippen LogP contribution in [0.25, 0.3) is 11.1 Å². The smallest absolute Gasteiger partial charge is 0.324 e. The lowest BCUT2D eigenvalue weighted by atomic mass is 10.1. The van der Waals surface area contributed by atoms with E-state index in [0.29, 0.717) is 11.5 Å². The van der Waals surface area contributed by atoms with Crippen molar-refractivity contribution in [1.29, 1.82) is 0 Å². The van der Waals surface area contributed by atoms with Crippen LogP contribution in [0.4, 0.5) is 24.8 Å². The van der Waals surface area contributed by atoms with Crippen LogP contribution in [-0.4, -0.2) is 19.9 Å². The summed E-state index contributed by atoms with van der Waals surface area (Å²) in [4.78, 5) is 15.7. The van der Waals surface area contributed by atoms with Crippen molar-refractivity contribution in [2.24, 2.45) is 0 Å². The number of nitrogens with one attached hydrogen (secondary N) is 1. The van der Waals surface area contributed by atoms with E-state index in [1.165, 1.54) is 0 Å². The lowest BCUT2D eigenvalue weighted by Crippen LogP contribution is -2.10. The van der Waals surface area contributed by atoms with E-state index in [0.717, 1.165) is 29.0 Å². The minimum Gasteiger partial charge on any atom is -0.324 e. The number of aryl methyl sites for hydroxylation is 2. The van der Waals surface area contributed by atoms with Crippen LogP contribution in [0.2, 0.25) is 0 Å². The van der Waals surface area contributed by atoms with Crippen molar-refractivity contribution in [3.05, 3.63) is 59.9 Å². The second-order valence-corrected chi connectivity index (χ2v) is 5.49. The molecule has 3 aromatic rings. The Balaban J connectivity index is 1.92. The van der Waals surface area contributed by atoms with Crippen molar-refractivity contribution in [2.45, 2.75) is 20.0 Å². The summed E-state index contributed by atoms with van der Waals surface area (Å²) < 4.78 is 38.3. The highest BCUT2D eigenvalue weighted by Gasteiger charge is 2.32. The molecule has 1 N–H and O–H groups in total. The molecule has 128 valence electrons. The molecule has 0 unspecified atom stereocenters. The second kappa shape index (κ2) is 6.46. The molecule has 25 heavy (non-hydrogen) atoms. The first-order valence-electron chi connectivity index (χ1n) is 7.39. The molecule has 3 rings (SSSR count). The van der Waals surface area contributed by atoms with Crippen LogP contribution in [0.15, 0.2) is 42.9 Å². The van der Waals surface area contributed by atoms with Crippen LogP contribution >= 0.6 is 0 Å². The molecule has 0 radical (unpaired) electrons. The summed E-state index contributed by atoms with van der Waals surface area (Å²) in [6, 6.07) is 6.34. The van der Waals surface area contributed by atoms with Crippen molar-refractivity contribution in [2.75, 3.05) is 5.32 Å². The topological polar surface area (TPSA) is 63.6 Å². The fourth-order valence-electron chi connectivity index (χ4n) is 2.27. The number of rotatable bonds is 3. The van der Waals surface area contributed by atoms with Gasteiger partial charge in [-0.2, -0.15) is 13.2 Å². The minimum absolute atomic E-state index is 0.119. The lowest BCUT2D eigenvalue weighted by Gasteiger charge is -2.11. The summed E-state index contributed by atoms with van der Waals surface area (Å²) in [7, 11) is 0. The molecular weight excluding hydrogens is 331 g/mol. The van der Waals surface area contributed by atoms with Gasteiger partial charge in [0.15, 0.2) is 0 Å². The van der Waals surface area contributed by atoms with Gasteiger partial charge in [-0.05, 0) is 43.2 Å². The van der Waals surface area contributed by atoms with Crippen molar-refractivity contribution in [3.8, 4) is 11.1 Å². The molecule has 0 aliphatic carbocycles. The Morgan fingerprint density at radius 3 is 2.32 bits per heavy atom. The van der Waals surface area contributed by atoms with Gasteiger partial charge >= 0.3 is 6.18 Å². The molecule has 0 saturated carbocycles. The molecule has 0 bridgehead atoms. The van der Waals surface area contributed by atoms with Gasteiger partial charge in [0.1, 0.15) is 11.5 Å². The molecule has 0 aliphatic heterocycles. The average molecular weight is 345 g/mol. The molecule has 0 saturated heterocycles. The maximum Gasteiger partial charge on any atom is 0.433 e. The molecule has 1 aromatic carbocycles. The minimum atomic E-state index is -4.52. The Kier molecular flexibility index (Phi) is 4.35. The van der Waals surface area contributed by atoms with Crippen molar-refractivity contribution < 1.29 is 13.2 Å². The van der Waals surface area contributed by atoms with Crippen LogP contribution in [0, 0.1) is 13.8 Å². The lowest BCUT2D eigenvalue weighted by molar-refractivity contribution is -0.141. The summed E-state index contributed by atoms with van der Waals surface area (Å²) in [5.74, 6) is 0.540. The van der Waals surface area contributed by atoms with Crippen LogP contribution in [0.5, 0.6) is 0 Å². The van der Waals surface area contributed by atoms with Gasteiger partial charge < -0.3 is 5.32 Å². The molecule has 0 amide bonds.